The Bertz CT molecular complexity index is 972. The number of phenols is 1. The van der Waals surface area contributed by atoms with Crippen LogP contribution in [0, 0.1) is 0 Å². The molecular weight excluding hydrogens is 340 g/mol. The quantitative estimate of drug-likeness (QED) is 0.592. The van der Waals surface area contributed by atoms with Crippen molar-refractivity contribution in [2.75, 3.05) is 22.1 Å². The Morgan fingerprint density at radius 3 is 2.67 bits per heavy atom. The number of hydrogen-bond donors (Lipinski definition) is 3. The molecule has 1 aliphatic heterocycles. The van der Waals surface area contributed by atoms with Gasteiger partial charge in [0.2, 0.25) is 0 Å². The van der Waals surface area contributed by atoms with Gasteiger partial charge in [0.25, 0.3) is 0 Å². The van der Waals surface area contributed by atoms with Crippen LogP contribution in [-0.4, -0.2) is 22.7 Å². The summed E-state index contributed by atoms with van der Waals surface area (Å²) in [6.45, 7) is 3.00. The molecule has 136 valence electrons. The second kappa shape index (κ2) is 6.99. The van der Waals surface area contributed by atoms with Crippen molar-refractivity contribution in [3.8, 4) is 5.75 Å². The second-order valence-corrected chi connectivity index (χ2v) is 6.57. The third-order valence-electron chi connectivity index (χ3n) is 4.63. The van der Waals surface area contributed by atoms with Crippen LogP contribution in [0.4, 0.5) is 27.7 Å². The first-order valence-electron chi connectivity index (χ1n) is 8.80. The van der Waals surface area contributed by atoms with Crippen LogP contribution in [0.1, 0.15) is 18.4 Å². The van der Waals surface area contributed by atoms with Crippen molar-refractivity contribution in [2.24, 2.45) is 0 Å². The molecule has 1 aliphatic rings. The van der Waals surface area contributed by atoms with Gasteiger partial charge in [-0.1, -0.05) is 25.1 Å². The molecule has 1 aromatic heterocycles. The minimum Gasteiger partial charge on any atom is -0.508 e. The Morgan fingerprint density at radius 1 is 1.07 bits per heavy atom. The van der Waals surface area contributed by atoms with E-state index in [4.69, 9.17) is 0 Å². The number of carbonyl (C=O) groups excluding carboxylic acids is 1. The average Bonchev–Trinajstić information content (AvgIpc) is 3.01. The fourth-order valence-electron chi connectivity index (χ4n) is 3.36. The van der Waals surface area contributed by atoms with E-state index in [2.05, 4.69) is 39.6 Å². The van der Waals surface area contributed by atoms with E-state index in [1.165, 1.54) is 17.7 Å². The molecule has 0 radical (unpaired) electrons. The number of fused-ring (bicyclic) bond motifs is 1. The van der Waals surface area contributed by atoms with Gasteiger partial charge in [0, 0.05) is 30.0 Å². The van der Waals surface area contributed by atoms with E-state index in [-0.39, 0.29) is 11.8 Å². The summed E-state index contributed by atoms with van der Waals surface area (Å²) in [6, 6.07) is 17.8. The topological polar surface area (TPSA) is 77.5 Å². The first-order chi connectivity index (χ1) is 13.1. The largest absolute Gasteiger partial charge is 0.508 e. The standard InChI is InChI=1S/C21H20N4O2/c1-14-13-25(19-7-3-2-5-17(14)19)20-18(6-4-12-22-20)24-21(27)23-15-8-10-16(26)11-9-15/h2-12,14,26H,13H2,1H3,(H2,23,24,27). The predicted molar refractivity (Wildman–Crippen MR) is 107 cm³/mol. The van der Waals surface area contributed by atoms with Gasteiger partial charge >= 0.3 is 6.03 Å². The third kappa shape index (κ3) is 3.42. The molecule has 27 heavy (non-hydrogen) atoms. The molecule has 0 aliphatic carbocycles. The zero-order valence-corrected chi connectivity index (χ0v) is 14.9. The summed E-state index contributed by atoms with van der Waals surface area (Å²) in [5, 5.41) is 15.0. The number of amides is 2. The summed E-state index contributed by atoms with van der Waals surface area (Å²) in [5.41, 5.74) is 3.63. The maximum Gasteiger partial charge on any atom is 0.323 e. The van der Waals surface area contributed by atoms with Gasteiger partial charge in [-0.2, -0.15) is 0 Å². The van der Waals surface area contributed by atoms with E-state index in [1.54, 1.807) is 24.4 Å². The van der Waals surface area contributed by atoms with E-state index >= 15 is 0 Å². The van der Waals surface area contributed by atoms with Gasteiger partial charge in [-0.05, 0) is 48.0 Å². The van der Waals surface area contributed by atoms with E-state index < -0.39 is 0 Å². The molecule has 0 saturated heterocycles. The lowest BCUT2D eigenvalue weighted by Crippen LogP contribution is -2.23. The third-order valence-corrected chi connectivity index (χ3v) is 4.63. The van der Waals surface area contributed by atoms with Crippen LogP contribution in [0.2, 0.25) is 0 Å². The number of anilines is 4. The van der Waals surface area contributed by atoms with Crippen LogP contribution in [0.25, 0.3) is 0 Å². The monoisotopic (exact) mass is 360 g/mol. The molecule has 4 rings (SSSR count). The molecule has 2 aromatic carbocycles. The van der Waals surface area contributed by atoms with Crippen LogP contribution >= 0.6 is 0 Å². The summed E-state index contributed by atoms with van der Waals surface area (Å²) in [6.07, 6.45) is 1.73. The van der Waals surface area contributed by atoms with E-state index in [0.29, 0.717) is 17.3 Å². The Kier molecular flexibility index (Phi) is 4.38. The summed E-state index contributed by atoms with van der Waals surface area (Å²) < 4.78 is 0. The highest BCUT2D eigenvalue weighted by atomic mass is 16.3. The zero-order chi connectivity index (χ0) is 18.8. The molecule has 1 unspecified atom stereocenters. The molecule has 2 heterocycles. The molecule has 1 atom stereocenters. The van der Waals surface area contributed by atoms with Crippen LogP contribution in [0.15, 0.2) is 66.9 Å². The summed E-state index contributed by atoms with van der Waals surface area (Å²) in [7, 11) is 0. The van der Waals surface area contributed by atoms with Crippen LogP contribution < -0.4 is 15.5 Å². The first kappa shape index (κ1) is 16.9. The van der Waals surface area contributed by atoms with E-state index in [0.717, 1.165) is 18.1 Å². The van der Waals surface area contributed by atoms with Crippen molar-refractivity contribution in [1.82, 2.24) is 4.98 Å². The van der Waals surface area contributed by atoms with Crippen molar-refractivity contribution in [3.05, 3.63) is 72.4 Å². The fourth-order valence-corrected chi connectivity index (χ4v) is 3.36. The second-order valence-electron chi connectivity index (χ2n) is 6.57. The maximum absolute atomic E-state index is 12.4. The number of phenolic OH excluding ortho intramolecular Hbond substituents is 1. The Hall–Kier alpha value is -3.54. The lowest BCUT2D eigenvalue weighted by molar-refractivity contribution is 0.262. The molecule has 3 N–H and O–H groups in total. The molecule has 3 aromatic rings. The predicted octanol–water partition coefficient (Wildman–Crippen LogP) is 4.69. The van der Waals surface area contributed by atoms with Crippen molar-refractivity contribution in [3.63, 3.8) is 0 Å². The molecule has 6 nitrogen and oxygen atoms in total. The number of rotatable bonds is 3. The van der Waals surface area contributed by atoms with Gasteiger partial charge < -0.3 is 20.6 Å². The SMILES string of the molecule is CC1CN(c2ncccc2NC(=O)Nc2ccc(O)cc2)c2ccccc21. The van der Waals surface area contributed by atoms with E-state index in [9.17, 15) is 9.90 Å². The average molecular weight is 360 g/mol. The van der Waals surface area contributed by atoms with Crippen molar-refractivity contribution < 1.29 is 9.90 Å². The molecule has 0 fully saturated rings. The van der Waals surface area contributed by atoms with Gasteiger partial charge in [-0.15, -0.1) is 0 Å². The molecule has 0 spiro atoms. The maximum atomic E-state index is 12.4. The Labute approximate surface area is 157 Å². The summed E-state index contributed by atoms with van der Waals surface area (Å²) in [4.78, 5) is 19.1. The molecule has 0 bridgehead atoms. The molecule has 2 amide bonds. The van der Waals surface area contributed by atoms with E-state index in [1.807, 2.05) is 18.2 Å². The molecule has 0 saturated carbocycles. The lowest BCUT2D eigenvalue weighted by atomic mass is 10.0. The Balaban J connectivity index is 1.57. The van der Waals surface area contributed by atoms with Gasteiger partial charge in [0.05, 0.1) is 5.69 Å². The van der Waals surface area contributed by atoms with Crippen molar-refractivity contribution >= 4 is 28.9 Å². The highest BCUT2D eigenvalue weighted by Gasteiger charge is 2.28. The number of carbonyl (C=O) groups is 1. The van der Waals surface area contributed by atoms with Crippen LogP contribution in [0.5, 0.6) is 5.75 Å². The van der Waals surface area contributed by atoms with Crippen molar-refractivity contribution in [2.45, 2.75) is 12.8 Å². The van der Waals surface area contributed by atoms with Crippen molar-refractivity contribution in [1.29, 1.82) is 0 Å². The summed E-state index contributed by atoms with van der Waals surface area (Å²) in [5.74, 6) is 1.26. The zero-order valence-electron chi connectivity index (χ0n) is 14.9. The summed E-state index contributed by atoms with van der Waals surface area (Å²) >= 11 is 0. The number of aromatic nitrogens is 1. The number of pyridine rings is 1. The Morgan fingerprint density at radius 2 is 1.85 bits per heavy atom. The smallest absolute Gasteiger partial charge is 0.323 e. The number of hydrogen-bond acceptors (Lipinski definition) is 4. The van der Waals surface area contributed by atoms with Gasteiger partial charge in [-0.25, -0.2) is 9.78 Å². The van der Waals surface area contributed by atoms with Crippen LogP contribution in [-0.2, 0) is 0 Å². The number of aromatic hydroxyl groups is 1. The highest BCUT2D eigenvalue weighted by Crippen LogP contribution is 2.41. The minimum absolute atomic E-state index is 0.150. The number of nitrogens with zero attached hydrogens (tertiary/aromatic N) is 2. The van der Waals surface area contributed by atoms with Gasteiger partial charge in [-0.3, -0.25) is 0 Å². The van der Waals surface area contributed by atoms with Gasteiger partial charge in [0.1, 0.15) is 5.75 Å². The number of benzene rings is 2. The number of urea groups is 1. The number of para-hydroxylation sites is 1. The van der Waals surface area contributed by atoms with Crippen LogP contribution in [0.3, 0.4) is 0 Å². The molecule has 6 heteroatoms. The highest BCUT2D eigenvalue weighted by molar-refractivity contribution is 6.02. The number of nitrogens with one attached hydrogen (secondary N) is 2. The fraction of sp³-hybridized carbons (Fsp3) is 0.143. The first-order valence-corrected chi connectivity index (χ1v) is 8.80. The van der Waals surface area contributed by atoms with Gasteiger partial charge in [0.15, 0.2) is 5.82 Å². The lowest BCUT2D eigenvalue weighted by Gasteiger charge is -2.22. The minimum atomic E-state index is -0.365. The normalized spacial score (nSPS) is 15.3. The molecular formula is C21H20N4O2.